The maximum atomic E-state index is 12.6. The van der Waals surface area contributed by atoms with E-state index in [4.69, 9.17) is 4.52 Å². The number of sulfonamides is 1. The van der Waals surface area contributed by atoms with Gasteiger partial charge in [0.1, 0.15) is 16.4 Å². The van der Waals surface area contributed by atoms with Crippen molar-refractivity contribution in [3.63, 3.8) is 0 Å². The zero-order valence-corrected chi connectivity index (χ0v) is 13.6. The lowest BCUT2D eigenvalue weighted by Gasteiger charge is -2.22. The first-order valence-corrected chi connectivity index (χ1v) is 8.79. The van der Waals surface area contributed by atoms with Gasteiger partial charge in [0.15, 0.2) is 11.6 Å². The number of fused-ring (bicyclic) bond motifs is 1. The molecule has 0 saturated carbocycles. The summed E-state index contributed by atoms with van der Waals surface area (Å²) in [6.07, 6.45) is 2.28. The molecule has 8 nitrogen and oxygen atoms in total. The Balaban J connectivity index is 1.93. The molecule has 0 radical (unpaired) electrons. The Morgan fingerprint density at radius 2 is 2.18 bits per heavy atom. The summed E-state index contributed by atoms with van der Waals surface area (Å²) in [4.78, 5) is 4.56. The highest BCUT2D eigenvalue weighted by atomic mass is 32.2. The largest absolute Gasteiger partial charge is 0.360 e. The lowest BCUT2D eigenvalue weighted by atomic mass is 10.1. The van der Waals surface area contributed by atoms with Crippen LogP contribution in [0.4, 0.5) is 0 Å². The zero-order chi connectivity index (χ0) is 15.9. The Hall–Kier alpha value is -1.74. The highest BCUT2D eigenvalue weighted by Gasteiger charge is 2.31. The first kappa shape index (κ1) is 15.2. The Morgan fingerprint density at radius 1 is 1.41 bits per heavy atom. The normalized spacial score (nSPS) is 18.4. The van der Waals surface area contributed by atoms with Crippen molar-refractivity contribution in [2.75, 3.05) is 0 Å². The van der Waals surface area contributed by atoms with Crippen LogP contribution in [-0.4, -0.2) is 28.3 Å². The molecule has 0 saturated heterocycles. The Kier molecular flexibility index (Phi) is 3.77. The van der Waals surface area contributed by atoms with Crippen LogP contribution in [0.2, 0.25) is 0 Å². The number of aromatic nitrogens is 4. The van der Waals surface area contributed by atoms with Crippen LogP contribution in [0.5, 0.6) is 0 Å². The predicted molar refractivity (Wildman–Crippen MR) is 77.7 cm³/mol. The number of nitrogens with zero attached hydrogens (tertiary/aromatic N) is 4. The van der Waals surface area contributed by atoms with Crippen molar-refractivity contribution in [3.05, 3.63) is 23.1 Å². The minimum absolute atomic E-state index is 0.111. The first-order valence-electron chi connectivity index (χ1n) is 7.31. The summed E-state index contributed by atoms with van der Waals surface area (Å²) in [7, 11) is -3.71. The van der Waals surface area contributed by atoms with Crippen LogP contribution >= 0.6 is 0 Å². The fraction of sp³-hybridized carbons (Fsp3) is 0.615. The van der Waals surface area contributed by atoms with Crippen LogP contribution in [0.15, 0.2) is 9.42 Å². The number of rotatable bonds is 4. The second kappa shape index (κ2) is 5.47. The van der Waals surface area contributed by atoms with E-state index in [0.717, 1.165) is 25.2 Å². The molecule has 0 aromatic carbocycles. The molecule has 9 heteroatoms. The van der Waals surface area contributed by atoms with Crippen LogP contribution in [0.25, 0.3) is 0 Å². The van der Waals surface area contributed by atoms with E-state index in [0.29, 0.717) is 17.9 Å². The van der Waals surface area contributed by atoms with Gasteiger partial charge in [-0.15, -0.1) is 0 Å². The maximum Gasteiger partial charge on any atom is 0.246 e. The van der Waals surface area contributed by atoms with Crippen molar-refractivity contribution in [2.45, 2.75) is 57.5 Å². The Labute approximate surface area is 129 Å². The van der Waals surface area contributed by atoms with Gasteiger partial charge in [0, 0.05) is 13.0 Å². The molecule has 3 rings (SSSR count). The molecule has 1 N–H and O–H groups in total. The number of aryl methyl sites for hydroxylation is 4. The molecule has 3 heterocycles. The van der Waals surface area contributed by atoms with Gasteiger partial charge in [-0.1, -0.05) is 12.1 Å². The molecule has 0 bridgehead atoms. The summed E-state index contributed by atoms with van der Waals surface area (Å²) >= 11 is 0. The van der Waals surface area contributed by atoms with Crippen LogP contribution in [0.3, 0.4) is 0 Å². The van der Waals surface area contributed by atoms with Gasteiger partial charge in [-0.25, -0.2) is 22.8 Å². The third-order valence-corrected chi connectivity index (χ3v) is 5.48. The van der Waals surface area contributed by atoms with E-state index in [9.17, 15) is 8.42 Å². The van der Waals surface area contributed by atoms with Crippen molar-refractivity contribution >= 4 is 10.0 Å². The summed E-state index contributed by atoms with van der Waals surface area (Å²) in [6, 6.07) is -0.375. The average Bonchev–Trinajstić information content (AvgIpc) is 3.02. The summed E-state index contributed by atoms with van der Waals surface area (Å²) in [5.41, 5.74) is 0.358. The lowest BCUT2D eigenvalue weighted by Crippen LogP contribution is -2.33. The van der Waals surface area contributed by atoms with Gasteiger partial charge < -0.3 is 4.52 Å². The molecule has 0 amide bonds. The Morgan fingerprint density at radius 3 is 2.82 bits per heavy atom. The van der Waals surface area contributed by atoms with Crippen molar-refractivity contribution in [1.82, 2.24) is 24.6 Å². The fourth-order valence-corrected chi connectivity index (χ4v) is 4.32. The van der Waals surface area contributed by atoms with E-state index in [1.165, 1.54) is 0 Å². The van der Waals surface area contributed by atoms with E-state index < -0.39 is 10.0 Å². The minimum atomic E-state index is -3.71. The first-order chi connectivity index (χ1) is 10.4. The van der Waals surface area contributed by atoms with Gasteiger partial charge in [0.2, 0.25) is 10.0 Å². The molecule has 22 heavy (non-hydrogen) atoms. The molecule has 1 atom stereocenters. The Bertz CT molecular complexity index is 773. The molecule has 0 fully saturated rings. The van der Waals surface area contributed by atoms with E-state index >= 15 is 0 Å². The summed E-state index contributed by atoms with van der Waals surface area (Å²) in [5.74, 6) is 1.70. The molecule has 0 unspecified atom stereocenters. The van der Waals surface area contributed by atoms with Crippen LogP contribution in [0, 0.1) is 13.8 Å². The topological polar surface area (TPSA) is 103 Å². The van der Waals surface area contributed by atoms with Gasteiger partial charge in [-0.2, -0.15) is 5.10 Å². The van der Waals surface area contributed by atoms with Gasteiger partial charge in [-0.3, -0.25) is 0 Å². The second-order valence-corrected chi connectivity index (χ2v) is 7.08. The number of nitrogens with one attached hydrogen (secondary N) is 1. The van der Waals surface area contributed by atoms with Crippen LogP contribution < -0.4 is 4.72 Å². The molecule has 2 aromatic heterocycles. The lowest BCUT2D eigenvalue weighted by molar-refractivity contribution is 0.389. The molecular formula is C13H19N5O3S. The third kappa shape index (κ3) is 2.54. The van der Waals surface area contributed by atoms with Crippen molar-refractivity contribution in [1.29, 1.82) is 0 Å². The van der Waals surface area contributed by atoms with E-state index in [1.54, 1.807) is 18.5 Å². The highest BCUT2D eigenvalue weighted by Crippen LogP contribution is 2.27. The van der Waals surface area contributed by atoms with E-state index in [-0.39, 0.29) is 16.7 Å². The van der Waals surface area contributed by atoms with Gasteiger partial charge >= 0.3 is 0 Å². The van der Waals surface area contributed by atoms with Crippen molar-refractivity contribution in [3.8, 4) is 0 Å². The smallest absolute Gasteiger partial charge is 0.246 e. The molecule has 0 spiro atoms. The van der Waals surface area contributed by atoms with E-state index in [1.807, 2.05) is 6.92 Å². The van der Waals surface area contributed by atoms with E-state index in [2.05, 4.69) is 20.0 Å². The second-order valence-electron chi connectivity index (χ2n) is 5.43. The molecule has 0 aliphatic carbocycles. The molecule has 120 valence electrons. The van der Waals surface area contributed by atoms with Gasteiger partial charge in [-0.05, 0) is 26.7 Å². The maximum absolute atomic E-state index is 12.6. The van der Waals surface area contributed by atoms with Crippen molar-refractivity contribution in [2.24, 2.45) is 0 Å². The number of hydrogen-bond donors (Lipinski definition) is 1. The summed E-state index contributed by atoms with van der Waals surface area (Å²) < 4.78 is 34.7. The summed E-state index contributed by atoms with van der Waals surface area (Å²) in [6.45, 7) is 5.95. The van der Waals surface area contributed by atoms with Gasteiger partial charge in [0.05, 0.1) is 6.04 Å². The third-order valence-electron chi connectivity index (χ3n) is 3.77. The molecule has 1 aliphatic heterocycles. The van der Waals surface area contributed by atoms with Crippen molar-refractivity contribution < 1.29 is 12.9 Å². The fourth-order valence-electron chi connectivity index (χ4n) is 2.77. The standard InChI is InChI=1S/C13H19N5O3S/c1-4-11-14-13-10(6-5-7-18(13)15-11)17-22(19,20)12-8(2)16-21-9(12)3/h10,17H,4-7H2,1-3H3/t10-/m1/s1. The molecule has 1 aliphatic rings. The van der Waals surface area contributed by atoms with Crippen LogP contribution in [-0.2, 0) is 23.0 Å². The summed E-state index contributed by atoms with van der Waals surface area (Å²) in [5, 5.41) is 8.10. The minimum Gasteiger partial charge on any atom is -0.360 e. The predicted octanol–water partition coefficient (Wildman–Crippen LogP) is 1.26. The zero-order valence-electron chi connectivity index (χ0n) is 12.8. The number of hydrogen-bond acceptors (Lipinski definition) is 6. The highest BCUT2D eigenvalue weighted by molar-refractivity contribution is 7.89. The van der Waals surface area contributed by atoms with Gasteiger partial charge in [0.25, 0.3) is 0 Å². The average molecular weight is 325 g/mol. The SMILES string of the molecule is CCc1nc2n(n1)CCC[C@H]2NS(=O)(=O)c1c(C)noc1C. The quantitative estimate of drug-likeness (QED) is 0.907. The van der Waals surface area contributed by atoms with Crippen LogP contribution in [0.1, 0.15) is 48.9 Å². The molecule has 2 aromatic rings. The monoisotopic (exact) mass is 325 g/mol. The molecular weight excluding hydrogens is 306 g/mol.